The molecule has 0 N–H and O–H groups in total. The van der Waals surface area contributed by atoms with E-state index in [0.29, 0.717) is 11.8 Å². The topological polar surface area (TPSA) is 41.4 Å². The van der Waals surface area contributed by atoms with Gasteiger partial charge in [-0.25, -0.2) is 4.98 Å². The van der Waals surface area contributed by atoms with E-state index in [9.17, 15) is 4.79 Å². The van der Waals surface area contributed by atoms with Gasteiger partial charge in [0.05, 0.1) is 6.33 Å². The predicted octanol–water partition coefficient (Wildman–Crippen LogP) is 2.71. The first-order chi connectivity index (χ1) is 12.3. The lowest BCUT2D eigenvalue weighted by molar-refractivity contribution is -0.137. The van der Waals surface area contributed by atoms with E-state index in [0.717, 1.165) is 51.3 Å². The summed E-state index contributed by atoms with van der Waals surface area (Å²) >= 11 is 0. The third kappa shape index (κ3) is 3.76. The van der Waals surface area contributed by atoms with Gasteiger partial charge >= 0.3 is 0 Å². The highest BCUT2D eigenvalue weighted by Gasteiger charge is 2.29. The molecule has 1 aliphatic heterocycles. The number of piperazine rings is 1. The standard InChI is InChI=1S/C20H26N4O/c25-20(18-3-1-2-4-18)23-13-11-22(12-14-23)15-17-5-7-19(8-6-17)24-10-9-21-16-24/h5-10,16,18H,1-4,11-15H2. The number of rotatable bonds is 4. The molecular formula is C20H26N4O. The summed E-state index contributed by atoms with van der Waals surface area (Å²) in [6.07, 6.45) is 10.2. The Morgan fingerprint density at radius 3 is 2.40 bits per heavy atom. The summed E-state index contributed by atoms with van der Waals surface area (Å²) in [5.74, 6) is 0.712. The van der Waals surface area contributed by atoms with E-state index in [2.05, 4.69) is 39.0 Å². The minimum atomic E-state index is 0.308. The number of aromatic nitrogens is 2. The summed E-state index contributed by atoms with van der Waals surface area (Å²) in [5.41, 5.74) is 2.45. The summed E-state index contributed by atoms with van der Waals surface area (Å²) in [5, 5.41) is 0. The van der Waals surface area contributed by atoms with Crippen molar-refractivity contribution in [3.8, 4) is 5.69 Å². The largest absolute Gasteiger partial charge is 0.340 e. The van der Waals surface area contributed by atoms with Crippen LogP contribution in [0.3, 0.4) is 0 Å². The number of benzene rings is 1. The highest BCUT2D eigenvalue weighted by Crippen LogP contribution is 2.27. The first-order valence-corrected chi connectivity index (χ1v) is 9.38. The molecule has 0 radical (unpaired) electrons. The number of imidazole rings is 1. The van der Waals surface area contributed by atoms with Gasteiger partial charge in [0.2, 0.25) is 5.91 Å². The van der Waals surface area contributed by atoms with Crippen LogP contribution >= 0.6 is 0 Å². The number of carbonyl (C=O) groups is 1. The molecule has 0 bridgehead atoms. The third-order valence-electron chi connectivity index (χ3n) is 5.53. The summed E-state index contributed by atoms with van der Waals surface area (Å²) in [4.78, 5) is 21.1. The zero-order valence-corrected chi connectivity index (χ0v) is 14.7. The Balaban J connectivity index is 1.29. The van der Waals surface area contributed by atoms with Crippen LogP contribution in [0, 0.1) is 5.92 Å². The smallest absolute Gasteiger partial charge is 0.225 e. The highest BCUT2D eigenvalue weighted by atomic mass is 16.2. The van der Waals surface area contributed by atoms with Crippen LogP contribution in [0.5, 0.6) is 0 Å². The zero-order chi connectivity index (χ0) is 17.1. The van der Waals surface area contributed by atoms with Gasteiger partial charge in [-0.1, -0.05) is 25.0 Å². The van der Waals surface area contributed by atoms with Crippen LogP contribution in [-0.4, -0.2) is 51.4 Å². The molecule has 2 aliphatic rings. The Bertz CT molecular complexity index is 681. The van der Waals surface area contributed by atoms with Gasteiger partial charge in [-0.2, -0.15) is 0 Å². The highest BCUT2D eigenvalue weighted by molar-refractivity contribution is 5.79. The zero-order valence-electron chi connectivity index (χ0n) is 14.7. The fraction of sp³-hybridized carbons (Fsp3) is 0.500. The van der Waals surface area contributed by atoms with Crippen molar-refractivity contribution in [3.63, 3.8) is 0 Å². The maximum absolute atomic E-state index is 12.5. The predicted molar refractivity (Wildman–Crippen MR) is 97.4 cm³/mol. The van der Waals surface area contributed by atoms with Crippen molar-refractivity contribution in [1.82, 2.24) is 19.4 Å². The molecule has 5 heteroatoms. The molecule has 2 heterocycles. The quantitative estimate of drug-likeness (QED) is 0.861. The van der Waals surface area contributed by atoms with Gasteiger partial charge in [0.1, 0.15) is 0 Å². The second-order valence-electron chi connectivity index (χ2n) is 7.22. The number of hydrogen-bond donors (Lipinski definition) is 0. The first kappa shape index (κ1) is 16.3. The lowest BCUT2D eigenvalue weighted by Gasteiger charge is -2.36. The minimum Gasteiger partial charge on any atom is -0.340 e. The van der Waals surface area contributed by atoms with E-state index in [1.807, 2.05) is 17.1 Å². The summed E-state index contributed by atoms with van der Waals surface area (Å²) in [7, 11) is 0. The number of hydrogen-bond acceptors (Lipinski definition) is 3. The third-order valence-corrected chi connectivity index (χ3v) is 5.53. The fourth-order valence-corrected chi connectivity index (χ4v) is 4.00. The second-order valence-corrected chi connectivity index (χ2v) is 7.22. The SMILES string of the molecule is O=C(C1CCCC1)N1CCN(Cc2ccc(-n3ccnc3)cc2)CC1. The van der Waals surface area contributed by atoms with E-state index < -0.39 is 0 Å². The van der Waals surface area contributed by atoms with Crippen molar-refractivity contribution in [3.05, 3.63) is 48.5 Å². The Morgan fingerprint density at radius 1 is 1.04 bits per heavy atom. The van der Waals surface area contributed by atoms with Crippen molar-refractivity contribution in [2.24, 2.45) is 5.92 Å². The first-order valence-electron chi connectivity index (χ1n) is 9.38. The summed E-state index contributed by atoms with van der Waals surface area (Å²) < 4.78 is 2.01. The van der Waals surface area contributed by atoms with Gasteiger partial charge < -0.3 is 9.47 Å². The molecule has 1 amide bonds. The molecule has 5 nitrogen and oxygen atoms in total. The molecule has 1 saturated carbocycles. The average Bonchev–Trinajstić information content (AvgIpc) is 3.36. The Morgan fingerprint density at radius 2 is 1.76 bits per heavy atom. The molecule has 25 heavy (non-hydrogen) atoms. The monoisotopic (exact) mass is 338 g/mol. The molecule has 0 spiro atoms. The van der Waals surface area contributed by atoms with Crippen LogP contribution in [0.25, 0.3) is 5.69 Å². The number of carbonyl (C=O) groups excluding carboxylic acids is 1. The van der Waals surface area contributed by atoms with Crippen LogP contribution in [-0.2, 0) is 11.3 Å². The summed E-state index contributed by atoms with van der Waals surface area (Å²) in [6, 6.07) is 8.64. The molecule has 1 aromatic heterocycles. The Labute approximate surface area is 149 Å². The van der Waals surface area contributed by atoms with Gasteiger partial charge in [0, 0.05) is 56.7 Å². The molecule has 0 unspecified atom stereocenters. The number of amides is 1. The van der Waals surface area contributed by atoms with Crippen molar-refractivity contribution >= 4 is 5.91 Å². The lowest BCUT2D eigenvalue weighted by atomic mass is 10.1. The molecule has 1 aliphatic carbocycles. The van der Waals surface area contributed by atoms with Gasteiger partial charge in [-0.15, -0.1) is 0 Å². The molecule has 4 rings (SSSR count). The van der Waals surface area contributed by atoms with Gasteiger partial charge in [0.25, 0.3) is 0 Å². The maximum atomic E-state index is 12.5. The molecule has 1 aromatic carbocycles. The molecular weight excluding hydrogens is 312 g/mol. The van der Waals surface area contributed by atoms with E-state index in [-0.39, 0.29) is 0 Å². The van der Waals surface area contributed by atoms with Crippen molar-refractivity contribution < 1.29 is 4.79 Å². The minimum absolute atomic E-state index is 0.308. The van der Waals surface area contributed by atoms with Crippen LogP contribution in [0.4, 0.5) is 0 Å². The van der Waals surface area contributed by atoms with Crippen molar-refractivity contribution in [2.75, 3.05) is 26.2 Å². The van der Waals surface area contributed by atoms with E-state index >= 15 is 0 Å². The van der Waals surface area contributed by atoms with Crippen molar-refractivity contribution in [1.29, 1.82) is 0 Å². The van der Waals surface area contributed by atoms with Gasteiger partial charge in [0.15, 0.2) is 0 Å². The Kier molecular flexibility index (Phi) is 4.83. The Hall–Kier alpha value is -2.14. The van der Waals surface area contributed by atoms with Gasteiger partial charge in [-0.05, 0) is 30.5 Å². The van der Waals surface area contributed by atoms with Gasteiger partial charge in [-0.3, -0.25) is 9.69 Å². The molecule has 2 fully saturated rings. The van der Waals surface area contributed by atoms with E-state index in [1.165, 1.54) is 18.4 Å². The van der Waals surface area contributed by atoms with E-state index in [1.54, 1.807) is 6.20 Å². The molecule has 2 aromatic rings. The lowest BCUT2D eigenvalue weighted by Crippen LogP contribution is -2.49. The van der Waals surface area contributed by atoms with Crippen molar-refractivity contribution in [2.45, 2.75) is 32.2 Å². The fourth-order valence-electron chi connectivity index (χ4n) is 4.00. The van der Waals surface area contributed by atoms with Crippen LogP contribution < -0.4 is 0 Å². The molecule has 132 valence electrons. The maximum Gasteiger partial charge on any atom is 0.225 e. The van der Waals surface area contributed by atoms with Crippen LogP contribution in [0.2, 0.25) is 0 Å². The van der Waals surface area contributed by atoms with Crippen LogP contribution in [0.15, 0.2) is 43.0 Å². The molecule has 0 atom stereocenters. The average molecular weight is 338 g/mol. The number of nitrogens with zero attached hydrogens (tertiary/aromatic N) is 4. The normalized spacial score (nSPS) is 19.4. The molecule has 1 saturated heterocycles. The van der Waals surface area contributed by atoms with Crippen LogP contribution in [0.1, 0.15) is 31.2 Å². The summed E-state index contributed by atoms with van der Waals surface area (Å²) in [6.45, 7) is 4.66. The second kappa shape index (κ2) is 7.40. The van der Waals surface area contributed by atoms with E-state index in [4.69, 9.17) is 0 Å².